The molecule has 0 atom stereocenters. The molecule has 98 valence electrons. The van der Waals surface area contributed by atoms with E-state index >= 15 is 0 Å². The van der Waals surface area contributed by atoms with Gasteiger partial charge in [0.2, 0.25) is 10.0 Å². The van der Waals surface area contributed by atoms with E-state index in [0.717, 1.165) is 25.7 Å². The molecule has 0 aliphatic heterocycles. The predicted octanol–water partition coefficient (Wildman–Crippen LogP) is 2.81. The Hall–Kier alpha value is -1.13. The average molecular weight is 265 g/mol. The summed E-state index contributed by atoms with van der Waals surface area (Å²) in [7, 11) is -3.38. The highest BCUT2D eigenvalue weighted by Crippen LogP contribution is 2.28. The number of benzene rings is 1. The Morgan fingerprint density at radius 2 is 1.83 bits per heavy atom. The van der Waals surface area contributed by atoms with Crippen molar-refractivity contribution in [3.63, 3.8) is 0 Å². The van der Waals surface area contributed by atoms with Crippen LogP contribution >= 0.6 is 0 Å². The lowest BCUT2D eigenvalue weighted by atomic mass is 10.2. The Balaban J connectivity index is 2.32. The molecular weight excluding hydrogens is 246 g/mol. The number of rotatable bonds is 5. The lowest BCUT2D eigenvalue weighted by Crippen LogP contribution is -2.38. The second-order valence-electron chi connectivity index (χ2n) is 4.61. The van der Waals surface area contributed by atoms with E-state index in [1.165, 1.54) is 0 Å². The lowest BCUT2D eigenvalue weighted by molar-refractivity contribution is 0.347. The Bertz CT molecular complexity index is 490. The SMILES string of the molecule is C=CCN(C1CCCC1)S(=O)(=O)c1ccccc1. The van der Waals surface area contributed by atoms with E-state index in [-0.39, 0.29) is 6.04 Å². The number of hydrogen-bond acceptors (Lipinski definition) is 2. The largest absolute Gasteiger partial charge is 0.243 e. The summed E-state index contributed by atoms with van der Waals surface area (Å²) in [6, 6.07) is 8.78. The minimum atomic E-state index is -3.38. The van der Waals surface area contributed by atoms with Crippen LogP contribution in [0.4, 0.5) is 0 Å². The molecular formula is C14H19NO2S. The smallest absolute Gasteiger partial charge is 0.207 e. The quantitative estimate of drug-likeness (QED) is 0.768. The molecule has 0 saturated heterocycles. The summed E-state index contributed by atoms with van der Waals surface area (Å²) in [5.74, 6) is 0. The fourth-order valence-electron chi connectivity index (χ4n) is 2.49. The second kappa shape index (κ2) is 5.67. The average Bonchev–Trinajstić information content (AvgIpc) is 2.90. The van der Waals surface area contributed by atoms with Crippen molar-refractivity contribution in [2.24, 2.45) is 0 Å². The molecule has 1 aliphatic carbocycles. The second-order valence-corrected chi connectivity index (χ2v) is 6.51. The van der Waals surface area contributed by atoms with E-state index in [1.807, 2.05) is 6.07 Å². The minimum absolute atomic E-state index is 0.133. The van der Waals surface area contributed by atoms with Crippen molar-refractivity contribution in [1.82, 2.24) is 4.31 Å². The van der Waals surface area contributed by atoms with E-state index < -0.39 is 10.0 Å². The highest BCUT2D eigenvalue weighted by molar-refractivity contribution is 7.89. The zero-order chi connectivity index (χ0) is 13.0. The summed E-state index contributed by atoms with van der Waals surface area (Å²) in [4.78, 5) is 0.374. The molecule has 1 aromatic rings. The van der Waals surface area contributed by atoms with Gasteiger partial charge in [-0.1, -0.05) is 37.1 Å². The topological polar surface area (TPSA) is 37.4 Å². The third kappa shape index (κ3) is 2.65. The number of nitrogens with zero attached hydrogens (tertiary/aromatic N) is 1. The first-order chi connectivity index (χ1) is 8.66. The molecule has 18 heavy (non-hydrogen) atoms. The van der Waals surface area contributed by atoms with Gasteiger partial charge < -0.3 is 0 Å². The van der Waals surface area contributed by atoms with Crippen molar-refractivity contribution in [3.05, 3.63) is 43.0 Å². The monoisotopic (exact) mass is 265 g/mol. The first kappa shape index (κ1) is 13.3. The molecule has 1 aromatic carbocycles. The molecule has 0 heterocycles. The van der Waals surface area contributed by atoms with Crippen LogP contribution in [0, 0.1) is 0 Å². The summed E-state index contributed by atoms with van der Waals surface area (Å²) in [6.45, 7) is 4.06. The van der Waals surface area contributed by atoms with Crippen molar-refractivity contribution >= 4 is 10.0 Å². The van der Waals surface area contributed by atoms with Gasteiger partial charge in [-0.05, 0) is 25.0 Å². The van der Waals surface area contributed by atoms with Crippen molar-refractivity contribution < 1.29 is 8.42 Å². The molecule has 3 nitrogen and oxygen atoms in total. The maximum absolute atomic E-state index is 12.6. The minimum Gasteiger partial charge on any atom is -0.207 e. The van der Waals surface area contributed by atoms with Crippen molar-refractivity contribution in [3.8, 4) is 0 Å². The van der Waals surface area contributed by atoms with Gasteiger partial charge in [-0.3, -0.25) is 0 Å². The molecule has 0 bridgehead atoms. The standard InChI is InChI=1S/C14H19NO2S/c1-2-12-15(13-8-6-7-9-13)18(16,17)14-10-4-3-5-11-14/h2-5,10-11,13H,1,6-9,12H2. The van der Waals surface area contributed by atoms with Crippen LogP contribution in [-0.2, 0) is 10.0 Å². The normalized spacial score (nSPS) is 17.2. The summed E-state index contributed by atoms with van der Waals surface area (Å²) >= 11 is 0. The predicted molar refractivity (Wildman–Crippen MR) is 72.8 cm³/mol. The van der Waals surface area contributed by atoms with Crippen LogP contribution in [0.25, 0.3) is 0 Å². The first-order valence-corrected chi connectivity index (χ1v) is 7.78. The van der Waals surface area contributed by atoms with Gasteiger partial charge in [0.05, 0.1) is 4.90 Å². The van der Waals surface area contributed by atoms with Crippen LogP contribution in [-0.4, -0.2) is 25.3 Å². The molecule has 0 amide bonds. The van der Waals surface area contributed by atoms with Crippen LogP contribution in [0.2, 0.25) is 0 Å². The Labute approximate surface area is 109 Å². The third-order valence-electron chi connectivity index (χ3n) is 3.39. The van der Waals surface area contributed by atoms with E-state index in [1.54, 1.807) is 34.6 Å². The van der Waals surface area contributed by atoms with E-state index in [4.69, 9.17) is 0 Å². The van der Waals surface area contributed by atoms with Crippen LogP contribution in [0.5, 0.6) is 0 Å². The Morgan fingerprint density at radius 3 is 2.39 bits per heavy atom. The number of sulfonamides is 1. The van der Waals surface area contributed by atoms with Gasteiger partial charge in [0, 0.05) is 12.6 Å². The molecule has 0 spiro atoms. The van der Waals surface area contributed by atoms with Crippen LogP contribution in [0.15, 0.2) is 47.9 Å². The van der Waals surface area contributed by atoms with Gasteiger partial charge in [-0.15, -0.1) is 6.58 Å². The summed E-state index contributed by atoms with van der Waals surface area (Å²) in [6.07, 6.45) is 5.81. The molecule has 0 N–H and O–H groups in total. The van der Waals surface area contributed by atoms with E-state index in [0.29, 0.717) is 11.4 Å². The van der Waals surface area contributed by atoms with E-state index in [2.05, 4.69) is 6.58 Å². The van der Waals surface area contributed by atoms with Crippen LogP contribution < -0.4 is 0 Å². The fourth-order valence-corrected chi connectivity index (χ4v) is 4.17. The molecule has 2 rings (SSSR count). The highest BCUT2D eigenvalue weighted by Gasteiger charge is 2.32. The maximum Gasteiger partial charge on any atom is 0.243 e. The molecule has 0 radical (unpaired) electrons. The van der Waals surface area contributed by atoms with E-state index in [9.17, 15) is 8.42 Å². The highest BCUT2D eigenvalue weighted by atomic mass is 32.2. The van der Waals surface area contributed by atoms with Gasteiger partial charge in [0.25, 0.3) is 0 Å². The molecule has 0 aromatic heterocycles. The van der Waals surface area contributed by atoms with Crippen molar-refractivity contribution in [2.75, 3.05) is 6.54 Å². The zero-order valence-corrected chi connectivity index (χ0v) is 11.3. The maximum atomic E-state index is 12.6. The van der Waals surface area contributed by atoms with Gasteiger partial charge in [0.15, 0.2) is 0 Å². The molecule has 0 unspecified atom stereocenters. The van der Waals surface area contributed by atoms with Crippen molar-refractivity contribution in [2.45, 2.75) is 36.6 Å². The summed E-state index contributed by atoms with van der Waals surface area (Å²) in [5, 5.41) is 0. The molecule has 4 heteroatoms. The summed E-state index contributed by atoms with van der Waals surface area (Å²) < 4.78 is 26.8. The number of hydrogen-bond donors (Lipinski definition) is 0. The Morgan fingerprint density at radius 1 is 1.22 bits per heavy atom. The first-order valence-electron chi connectivity index (χ1n) is 6.34. The van der Waals surface area contributed by atoms with Gasteiger partial charge >= 0.3 is 0 Å². The Kier molecular flexibility index (Phi) is 4.19. The van der Waals surface area contributed by atoms with Gasteiger partial charge in [0.1, 0.15) is 0 Å². The zero-order valence-electron chi connectivity index (χ0n) is 10.5. The fraction of sp³-hybridized carbons (Fsp3) is 0.429. The van der Waals surface area contributed by atoms with Gasteiger partial charge in [-0.25, -0.2) is 8.42 Å². The van der Waals surface area contributed by atoms with Crippen LogP contribution in [0.1, 0.15) is 25.7 Å². The third-order valence-corrected chi connectivity index (χ3v) is 5.32. The summed E-state index contributed by atoms with van der Waals surface area (Å²) in [5.41, 5.74) is 0. The lowest BCUT2D eigenvalue weighted by Gasteiger charge is -2.26. The van der Waals surface area contributed by atoms with Gasteiger partial charge in [-0.2, -0.15) is 4.31 Å². The van der Waals surface area contributed by atoms with Crippen LogP contribution in [0.3, 0.4) is 0 Å². The molecule has 1 fully saturated rings. The molecule has 1 aliphatic rings. The van der Waals surface area contributed by atoms with Crippen molar-refractivity contribution in [1.29, 1.82) is 0 Å². The molecule has 1 saturated carbocycles.